The minimum Gasteiger partial charge on any atom is -0.310 e. The van der Waals surface area contributed by atoms with Crippen molar-refractivity contribution < 1.29 is 8.78 Å². The summed E-state index contributed by atoms with van der Waals surface area (Å²) in [7, 11) is 0. The van der Waals surface area contributed by atoms with Gasteiger partial charge in [-0.2, -0.15) is 0 Å². The Kier molecular flexibility index (Phi) is 5.57. The maximum atomic E-state index is 13.9. The molecule has 2 aromatic rings. The van der Waals surface area contributed by atoms with E-state index in [2.05, 4.69) is 5.32 Å². The average Bonchev–Trinajstić information content (AvgIpc) is 2.43. The molecule has 21 heavy (non-hydrogen) atoms. The molecule has 2 rings (SSSR count). The lowest BCUT2D eigenvalue weighted by atomic mass is 9.98. The van der Waals surface area contributed by atoms with Gasteiger partial charge >= 0.3 is 0 Å². The molecule has 0 bridgehead atoms. The molecule has 5 heteroatoms. The summed E-state index contributed by atoms with van der Waals surface area (Å²) < 4.78 is 27.9. The van der Waals surface area contributed by atoms with Crippen molar-refractivity contribution in [1.29, 1.82) is 0 Å². The van der Waals surface area contributed by atoms with Gasteiger partial charge < -0.3 is 5.32 Å². The summed E-state index contributed by atoms with van der Waals surface area (Å²) in [6.07, 6.45) is 0.419. The summed E-state index contributed by atoms with van der Waals surface area (Å²) in [6.45, 7) is 2.49. The largest absolute Gasteiger partial charge is 0.310 e. The van der Waals surface area contributed by atoms with Crippen molar-refractivity contribution in [2.24, 2.45) is 0 Å². The zero-order valence-corrected chi connectivity index (χ0v) is 13.0. The summed E-state index contributed by atoms with van der Waals surface area (Å²) in [5.74, 6) is -1.11. The lowest BCUT2D eigenvalue weighted by Crippen LogP contribution is -2.25. The maximum Gasteiger partial charge on any atom is 0.130 e. The standard InChI is InChI=1S/C16H15Cl2F2N/c1-2-21-15(16-13(19)4-3-5-14(16)20)9-10-6-7-11(17)12(18)8-10/h3-8,15,21H,2,9H2,1H3. The Labute approximate surface area is 132 Å². The number of benzene rings is 2. The molecule has 0 saturated heterocycles. The summed E-state index contributed by atoms with van der Waals surface area (Å²) in [5, 5.41) is 3.99. The first-order valence-corrected chi connectivity index (χ1v) is 7.39. The first-order chi connectivity index (χ1) is 10.0. The van der Waals surface area contributed by atoms with Crippen LogP contribution in [-0.4, -0.2) is 6.54 Å². The van der Waals surface area contributed by atoms with Gasteiger partial charge in [-0.05, 0) is 42.8 Å². The van der Waals surface area contributed by atoms with E-state index in [1.807, 2.05) is 6.92 Å². The minimum absolute atomic E-state index is 0.0467. The first kappa shape index (κ1) is 16.2. The van der Waals surface area contributed by atoms with Gasteiger partial charge in [0.25, 0.3) is 0 Å². The van der Waals surface area contributed by atoms with Crippen LogP contribution in [0.15, 0.2) is 36.4 Å². The molecule has 0 aliphatic carbocycles. The van der Waals surface area contributed by atoms with Gasteiger partial charge in [-0.15, -0.1) is 0 Å². The van der Waals surface area contributed by atoms with Crippen molar-refractivity contribution in [2.75, 3.05) is 6.54 Å². The van der Waals surface area contributed by atoms with Crippen LogP contribution in [0.1, 0.15) is 24.1 Å². The maximum absolute atomic E-state index is 13.9. The molecule has 0 aromatic heterocycles. The number of rotatable bonds is 5. The van der Waals surface area contributed by atoms with E-state index in [0.29, 0.717) is 23.0 Å². The molecule has 0 amide bonds. The normalized spacial score (nSPS) is 12.4. The quantitative estimate of drug-likeness (QED) is 0.798. The van der Waals surface area contributed by atoms with E-state index in [9.17, 15) is 8.78 Å². The van der Waals surface area contributed by atoms with Crippen molar-refractivity contribution in [2.45, 2.75) is 19.4 Å². The number of halogens is 4. The number of hydrogen-bond donors (Lipinski definition) is 1. The Morgan fingerprint density at radius 3 is 2.29 bits per heavy atom. The second-order valence-electron chi connectivity index (χ2n) is 4.70. The van der Waals surface area contributed by atoms with Crippen LogP contribution in [0.4, 0.5) is 8.78 Å². The molecule has 0 aliphatic rings. The fourth-order valence-electron chi connectivity index (χ4n) is 2.27. The van der Waals surface area contributed by atoms with Crippen LogP contribution in [-0.2, 0) is 6.42 Å². The van der Waals surface area contributed by atoms with Gasteiger partial charge in [0.15, 0.2) is 0 Å². The molecule has 0 heterocycles. The third kappa shape index (κ3) is 3.94. The van der Waals surface area contributed by atoms with Crippen LogP contribution in [0, 0.1) is 11.6 Å². The van der Waals surface area contributed by atoms with Crippen LogP contribution in [0.2, 0.25) is 10.0 Å². The molecule has 1 N–H and O–H groups in total. The molecule has 112 valence electrons. The average molecular weight is 330 g/mol. The summed E-state index contributed by atoms with van der Waals surface area (Å²) in [5.41, 5.74) is 0.906. The molecule has 0 saturated carbocycles. The van der Waals surface area contributed by atoms with Gasteiger partial charge in [0.05, 0.1) is 10.0 Å². The highest BCUT2D eigenvalue weighted by Gasteiger charge is 2.20. The highest BCUT2D eigenvalue weighted by molar-refractivity contribution is 6.42. The van der Waals surface area contributed by atoms with Gasteiger partial charge in [0.1, 0.15) is 11.6 Å². The van der Waals surface area contributed by atoms with Gasteiger partial charge in [0.2, 0.25) is 0 Å². The number of nitrogens with one attached hydrogen (secondary N) is 1. The van der Waals surface area contributed by atoms with Crippen LogP contribution in [0.5, 0.6) is 0 Å². The highest BCUT2D eigenvalue weighted by Crippen LogP contribution is 2.27. The Hall–Kier alpha value is -1.16. The second kappa shape index (κ2) is 7.21. The lowest BCUT2D eigenvalue weighted by molar-refractivity contribution is 0.473. The molecule has 0 fully saturated rings. The van der Waals surface area contributed by atoms with Gasteiger partial charge in [-0.3, -0.25) is 0 Å². The molecule has 2 aromatic carbocycles. The van der Waals surface area contributed by atoms with E-state index in [-0.39, 0.29) is 5.56 Å². The molecular weight excluding hydrogens is 315 g/mol. The Balaban J connectivity index is 2.33. The zero-order valence-electron chi connectivity index (χ0n) is 11.5. The van der Waals surface area contributed by atoms with E-state index in [1.54, 1.807) is 18.2 Å². The Bertz CT molecular complexity index is 611. The lowest BCUT2D eigenvalue weighted by Gasteiger charge is -2.20. The minimum atomic E-state index is -0.555. The van der Waals surface area contributed by atoms with Crippen LogP contribution in [0.3, 0.4) is 0 Å². The van der Waals surface area contributed by atoms with Crippen molar-refractivity contribution in [3.63, 3.8) is 0 Å². The van der Waals surface area contributed by atoms with E-state index >= 15 is 0 Å². The third-order valence-corrected chi connectivity index (χ3v) is 3.96. The fraction of sp³-hybridized carbons (Fsp3) is 0.250. The number of likely N-dealkylation sites (N-methyl/N-ethyl adjacent to an activating group) is 1. The summed E-state index contributed by atoms with van der Waals surface area (Å²) in [6, 6.07) is 8.61. The van der Waals surface area contributed by atoms with E-state index in [1.165, 1.54) is 18.2 Å². The van der Waals surface area contributed by atoms with Gasteiger partial charge in [0, 0.05) is 11.6 Å². The zero-order chi connectivity index (χ0) is 15.4. The van der Waals surface area contributed by atoms with E-state index in [4.69, 9.17) is 23.2 Å². The molecule has 1 unspecified atom stereocenters. The van der Waals surface area contributed by atoms with Crippen molar-refractivity contribution in [1.82, 2.24) is 5.32 Å². The Morgan fingerprint density at radius 2 is 1.71 bits per heavy atom. The Morgan fingerprint density at radius 1 is 1.05 bits per heavy atom. The SMILES string of the molecule is CCNC(Cc1ccc(Cl)c(Cl)c1)c1c(F)cccc1F. The molecule has 1 atom stereocenters. The molecule has 0 aliphatic heterocycles. The highest BCUT2D eigenvalue weighted by atomic mass is 35.5. The molecule has 0 spiro atoms. The van der Waals surface area contributed by atoms with E-state index in [0.717, 1.165) is 5.56 Å². The first-order valence-electron chi connectivity index (χ1n) is 6.64. The van der Waals surface area contributed by atoms with Gasteiger partial charge in [-0.1, -0.05) is 42.3 Å². The topological polar surface area (TPSA) is 12.0 Å². The van der Waals surface area contributed by atoms with Crippen molar-refractivity contribution in [3.05, 3.63) is 69.2 Å². The van der Waals surface area contributed by atoms with Gasteiger partial charge in [-0.25, -0.2) is 8.78 Å². The van der Waals surface area contributed by atoms with E-state index < -0.39 is 17.7 Å². The third-order valence-electron chi connectivity index (χ3n) is 3.22. The molecule has 0 radical (unpaired) electrons. The smallest absolute Gasteiger partial charge is 0.130 e. The van der Waals surface area contributed by atoms with Crippen LogP contribution >= 0.6 is 23.2 Å². The summed E-state index contributed by atoms with van der Waals surface area (Å²) >= 11 is 11.9. The monoisotopic (exact) mass is 329 g/mol. The predicted molar refractivity (Wildman–Crippen MR) is 82.9 cm³/mol. The fourth-order valence-corrected chi connectivity index (χ4v) is 2.59. The van der Waals surface area contributed by atoms with Crippen molar-refractivity contribution >= 4 is 23.2 Å². The van der Waals surface area contributed by atoms with Crippen LogP contribution in [0.25, 0.3) is 0 Å². The summed E-state index contributed by atoms with van der Waals surface area (Å²) in [4.78, 5) is 0. The predicted octanol–water partition coefficient (Wildman–Crippen LogP) is 5.16. The second-order valence-corrected chi connectivity index (χ2v) is 5.51. The number of hydrogen-bond acceptors (Lipinski definition) is 1. The van der Waals surface area contributed by atoms with Crippen molar-refractivity contribution in [3.8, 4) is 0 Å². The molecular formula is C16H15Cl2F2N. The molecule has 1 nitrogen and oxygen atoms in total. The van der Waals surface area contributed by atoms with Crippen LogP contribution < -0.4 is 5.32 Å².